The van der Waals surface area contributed by atoms with Crippen molar-refractivity contribution in [2.45, 2.75) is 163 Å². The standard InChI is InChI=1S/C85H87NOS/c1-80(2,3)59-37-55(38-60(47-59)81(4,5)6)53-34-36-71-68(43-53)76-65-35-33-54(56-39-61(82(7,8)9)48-62(40-56)83(10,11)12)44-69(65)86(70-45-58(46-72(87-71)78(70)76)57-41-63(84(13,14)15)49-64(42-57)85(16,17)18)79-67(51-27-21-19-22-28-51)50-74-77(66-31-25-26-32-73(66)88-74)75(79)52-29-23-20-24-30-52/h19-50,76H,1-18H3. The van der Waals surface area contributed by atoms with Crippen LogP contribution in [0.5, 0.6) is 11.5 Å². The molecule has 2 aliphatic heterocycles. The topological polar surface area (TPSA) is 12.5 Å². The van der Waals surface area contributed by atoms with E-state index in [0.717, 1.165) is 39.7 Å². The minimum Gasteiger partial charge on any atom is -0.457 e. The predicted octanol–water partition coefficient (Wildman–Crippen LogP) is 25.2. The van der Waals surface area contributed by atoms with E-state index < -0.39 is 0 Å². The second-order valence-electron chi connectivity index (χ2n) is 31.6. The molecule has 3 heterocycles. The molecule has 0 fully saturated rings. The molecule has 0 N–H and O–H groups in total. The summed E-state index contributed by atoms with van der Waals surface area (Å²) in [6.45, 7) is 42.2. The fourth-order valence-corrected chi connectivity index (χ4v) is 14.5. The first-order valence-electron chi connectivity index (χ1n) is 31.9. The van der Waals surface area contributed by atoms with Crippen LogP contribution in [0.2, 0.25) is 0 Å². The molecule has 11 aromatic rings. The van der Waals surface area contributed by atoms with E-state index >= 15 is 0 Å². The highest BCUT2D eigenvalue weighted by Gasteiger charge is 2.42. The average molecular weight is 1170 g/mol. The Hall–Kier alpha value is -7.98. The summed E-state index contributed by atoms with van der Waals surface area (Å²) in [5.74, 6) is 1.60. The summed E-state index contributed by atoms with van der Waals surface area (Å²) in [5.41, 5.74) is 26.4. The molecule has 0 radical (unpaired) electrons. The van der Waals surface area contributed by atoms with Gasteiger partial charge < -0.3 is 9.64 Å². The van der Waals surface area contributed by atoms with Gasteiger partial charge in [-0.15, -0.1) is 11.3 Å². The lowest BCUT2D eigenvalue weighted by atomic mass is 9.74. The summed E-state index contributed by atoms with van der Waals surface area (Å²) in [7, 11) is 0. The molecule has 0 bridgehead atoms. The van der Waals surface area contributed by atoms with Crippen molar-refractivity contribution < 1.29 is 4.74 Å². The molecule has 0 aliphatic carbocycles. The van der Waals surface area contributed by atoms with Gasteiger partial charge in [-0.1, -0.05) is 276 Å². The molecule has 0 amide bonds. The van der Waals surface area contributed by atoms with Crippen LogP contribution in [0.4, 0.5) is 17.1 Å². The van der Waals surface area contributed by atoms with Gasteiger partial charge in [0.1, 0.15) is 11.5 Å². The van der Waals surface area contributed by atoms with E-state index in [4.69, 9.17) is 4.74 Å². The zero-order valence-corrected chi connectivity index (χ0v) is 56.1. The molecule has 13 rings (SSSR count). The van der Waals surface area contributed by atoms with Crippen molar-refractivity contribution in [2.24, 2.45) is 0 Å². The molecule has 0 saturated carbocycles. The van der Waals surface area contributed by atoms with Gasteiger partial charge in [-0.05, 0) is 158 Å². The van der Waals surface area contributed by atoms with E-state index in [2.05, 4.69) is 324 Å². The number of benzene rings is 10. The number of rotatable bonds is 6. The lowest BCUT2D eigenvalue weighted by molar-refractivity contribution is 0.453. The van der Waals surface area contributed by atoms with Crippen molar-refractivity contribution in [2.75, 3.05) is 4.90 Å². The zero-order valence-electron chi connectivity index (χ0n) is 55.3. The number of nitrogens with zero attached hydrogens (tertiary/aromatic N) is 1. The molecule has 0 spiro atoms. The number of hydrogen-bond donors (Lipinski definition) is 0. The Balaban J connectivity index is 1.21. The van der Waals surface area contributed by atoms with Crippen molar-refractivity contribution in [1.29, 1.82) is 0 Å². The molecular formula is C85H87NOS. The van der Waals surface area contributed by atoms with E-state index in [1.165, 1.54) is 115 Å². The van der Waals surface area contributed by atoms with Gasteiger partial charge in [0.05, 0.1) is 17.1 Å². The summed E-state index contributed by atoms with van der Waals surface area (Å²) in [4.78, 5) is 2.70. The average Bonchev–Trinajstić information content (AvgIpc) is 0.911. The first kappa shape index (κ1) is 59.0. The van der Waals surface area contributed by atoms with E-state index in [9.17, 15) is 0 Å². The second-order valence-corrected chi connectivity index (χ2v) is 32.6. The van der Waals surface area contributed by atoms with Crippen molar-refractivity contribution in [3.63, 3.8) is 0 Å². The third-order valence-electron chi connectivity index (χ3n) is 18.8. The fraction of sp³-hybridized carbons (Fsp3) is 0.294. The highest BCUT2D eigenvalue weighted by Crippen LogP contribution is 2.63. The summed E-state index contributed by atoms with van der Waals surface area (Å²) >= 11 is 1.89. The number of fused-ring (bicyclic) bond motifs is 7. The Bertz CT molecular complexity index is 4470. The van der Waals surface area contributed by atoms with Crippen LogP contribution < -0.4 is 9.64 Å². The van der Waals surface area contributed by atoms with Crippen LogP contribution in [0.25, 0.3) is 75.8 Å². The number of thiophene rings is 1. The summed E-state index contributed by atoms with van der Waals surface area (Å²) in [5, 5.41) is 2.53. The molecule has 1 unspecified atom stereocenters. The molecular weight excluding hydrogens is 1080 g/mol. The maximum Gasteiger partial charge on any atom is 0.134 e. The van der Waals surface area contributed by atoms with Crippen molar-refractivity contribution in [1.82, 2.24) is 0 Å². The molecule has 0 saturated heterocycles. The van der Waals surface area contributed by atoms with Crippen LogP contribution in [-0.4, -0.2) is 0 Å². The van der Waals surface area contributed by atoms with Gasteiger partial charge >= 0.3 is 0 Å². The van der Waals surface area contributed by atoms with Crippen LogP contribution in [0.1, 0.15) is 181 Å². The second kappa shape index (κ2) is 20.8. The molecule has 10 aromatic carbocycles. The Morgan fingerprint density at radius 1 is 0.330 bits per heavy atom. The number of hydrogen-bond acceptors (Lipinski definition) is 3. The quantitative estimate of drug-likeness (QED) is 0.165. The van der Waals surface area contributed by atoms with Crippen molar-refractivity contribution in [3.05, 3.63) is 244 Å². The Morgan fingerprint density at radius 3 is 1.27 bits per heavy atom. The third-order valence-corrected chi connectivity index (χ3v) is 19.9. The highest BCUT2D eigenvalue weighted by molar-refractivity contribution is 7.26. The summed E-state index contributed by atoms with van der Waals surface area (Å²) in [6, 6.07) is 75.3. The first-order chi connectivity index (χ1) is 41.4. The Labute approximate surface area is 529 Å². The van der Waals surface area contributed by atoms with E-state index in [1.807, 2.05) is 11.3 Å². The van der Waals surface area contributed by atoms with Crippen LogP contribution in [0, 0.1) is 0 Å². The van der Waals surface area contributed by atoms with Gasteiger partial charge in [0.15, 0.2) is 0 Å². The van der Waals surface area contributed by atoms with E-state index in [0.29, 0.717) is 0 Å². The SMILES string of the molecule is CC(C)(C)c1cc(-c2ccc3c(c2)C2c4ccc(-c5cc(C(C)(C)C)cc(C(C)(C)C)c5)cc4N(c4c(-c5ccccc5)cc5sc6ccccc6c5c4-c4ccccc4)c4cc(-c5cc(C(C)(C)C)cc(C(C)(C)C)c5)cc(c42)O3)cc(C(C)(C)C)c1. The van der Waals surface area contributed by atoms with Gasteiger partial charge in [-0.3, -0.25) is 0 Å². The molecule has 2 aliphatic rings. The van der Waals surface area contributed by atoms with Gasteiger partial charge in [0.2, 0.25) is 0 Å². The van der Waals surface area contributed by atoms with Crippen molar-refractivity contribution >= 4 is 48.6 Å². The van der Waals surface area contributed by atoms with Crippen LogP contribution in [0.3, 0.4) is 0 Å². The summed E-state index contributed by atoms with van der Waals surface area (Å²) < 4.78 is 10.2. The lowest BCUT2D eigenvalue weighted by Crippen LogP contribution is -2.26. The monoisotopic (exact) mass is 1170 g/mol. The van der Waals surface area contributed by atoms with Gasteiger partial charge in [0, 0.05) is 48.3 Å². The summed E-state index contributed by atoms with van der Waals surface area (Å²) in [6.07, 6.45) is 0. The third kappa shape index (κ3) is 10.6. The van der Waals surface area contributed by atoms with Gasteiger partial charge in [-0.2, -0.15) is 0 Å². The lowest BCUT2D eigenvalue weighted by Gasteiger charge is -2.43. The molecule has 2 nitrogen and oxygen atoms in total. The number of ether oxygens (including phenoxy) is 1. The zero-order chi connectivity index (χ0) is 62.4. The molecule has 3 heteroatoms. The van der Waals surface area contributed by atoms with E-state index in [1.54, 1.807) is 0 Å². The first-order valence-corrected chi connectivity index (χ1v) is 32.7. The molecule has 444 valence electrons. The van der Waals surface area contributed by atoms with Crippen LogP contribution >= 0.6 is 11.3 Å². The Kier molecular flexibility index (Phi) is 14.0. The largest absolute Gasteiger partial charge is 0.457 e. The minimum absolute atomic E-state index is 0.0437. The van der Waals surface area contributed by atoms with Crippen LogP contribution in [0.15, 0.2) is 194 Å². The highest BCUT2D eigenvalue weighted by atomic mass is 32.1. The fourth-order valence-electron chi connectivity index (χ4n) is 13.3. The normalized spacial score (nSPS) is 14.4. The van der Waals surface area contributed by atoms with Crippen molar-refractivity contribution in [3.8, 4) is 67.1 Å². The van der Waals surface area contributed by atoms with Gasteiger partial charge in [-0.25, -0.2) is 0 Å². The smallest absolute Gasteiger partial charge is 0.134 e. The molecule has 1 atom stereocenters. The maximum absolute atomic E-state index is 7.63. The van der Waals surface area contributed by atoms with Gasteiger partial charge in [0.25, 0.3) is 0 Å². The maximum atomic E-state index is 7.63. The molecule has 1 aromatic heterocycles. The van der Waals surface area contributed by atoms with E-state index in [-0.39, 0.29) is 38.4 Å². The molecule has 88 heavy (non-hydrogen) atoms. The number of anilines is 3. The Morgan fingerprint density at radius 2 is 0.761 bits per heavy atom. The van der Waals surface area contributed by atoms with Crippen LogP contribution in [-0.2, 0) is 32.5 Å². The minimum atomic E-state index is -0.181. The predicted molar refractivity (Wildman–Crippen MR) is 381 cm³/mol.